The van der Waals surface area contributed by atoms with Crippen molar-refractivity contribution in [2.45, 2.75) is 6.04 Å². The first-order valence-electron chi connectivity index (χ1n) is 9.85. The van der Waals surface area contributed by atoms with Crippen LogP contribution < -0.4 is 16.0 Å². The number of aromatic nitrogens is 2. The number of anilines is 1. The quantitative estimate of drug-likeness (QED) is 0.372. The van der Waals surface area contributed by atoms with Gasteiger partial charge in [-0.15, -0.1) is 0 Å². The molecule has 0 spiro atoms. The second kappa shape index (κ2) is 9.82. The van der Waals surface area contributed by atoms with Crippen molar-refractivity contribution in [3.8, 4) is 0 Å². The Labute approximate surface area is 183 Å². The van der Waals surface area contributed by atoms with E-state index in [0.29, 0.717) is 18.7 Å². The minimum atomic E-state index is -0.823. The Morgan fingerprint density at radius 2 is 1.68 bits per heavy atom. The van der Waals surface area contributed by atoms with Crippen LogP contribution in [0.1, 0.15) is 22.1 Å². The van der Waals surface area contributed by atoms with Gasteiger partial charge < -0.3 is 16.0 Å². The molecule has 0 saturated carbocycles. The smallest absolute Gasteiger partial charge is 0.270 e. The van der Waals surface area contributed by atoms with E-state index >= 15 is 0 Å². The van der Waals surface area contributed by atoms with Gasteiger partial charge in [0.1, 0.15) is 17.6 Å². The van der Waals surface area contributed by atoms with Gasteiger partial charge in [-0.25, -0.2) is 0 Å². The topological polar surface area (TPSA) is 96.0 Å². The summed E-state index contributed by atoms with van der Waals surface area (Å²) in [6, 6.07) is 21.4. The second-order valence-corrected chi connectivity index (χ2v) is 7.58. The predicted molar refractivity (Wildman–Crippen MR) is 122 cm³/mol. The molecular formula is C23H21N5O2S. The summed E-state index contributed by atoms with van der Waals surface area (Å²) in [5.74, 6) is 0.106. The molecule has 2 aromatic heterocycles. The molecular weight excluding hydrogens is 410 g/mol. The molecule has 1 atom stereocenters. The van der Waals surface area contributed by atoms with E-state index in [4.69, 9.17) is 0 Å². The summed E-state index contributed by atoms with van der Waals surface area (Å²) in [6.45, 7) is 0.892. The third kappa shape index (κ3) is 5.04. The Hall–Kier alpha value is -3.78. The van der Waals surface area contributed by atoms with E-state index in [1.165, 1.54) is 11.5 Å². The molecule has 0 aliphatic rings. The van der Waals surface area contributed by atoms with Gasteiger partial charge in [-0.3, -0.25) is 14.6 Å². The fourth-order valence-corrected chi connectivity index (χ4v) is 3.88. The van der Waals surface area contributed by atoms with Gasteiger partial charge in [0.2, 0.25) is 5.91 Å². The molecule has 0 saturated heterocycles. The first-order chi connectivity index (χ1) is 15.2. The summed E-state index contributed by atoms with van der Waals surface area (Å²) in [5.41, 5.74) is 0.955. The molecule has 0 radical (unpaired) electrons. The highest BCUT2D eigenvalue weighted by Crippen LogP contribution is 2.25. The van der Waals surface area contributed by atoms with Crippen molar-refractivity contribution in [3.05, 3.63) is 90.3 Å². The van der Waals surface area contributed by atoms with Crippen LogP contribution in [0.2, 0.25) is 0 Å². The Balaban J connectivity index is 1.38. The van der Waals surface area contributed by atoms with Crippen LogP contribution in [0.4, 0.5) is 5.82 Å². The summed E-state index contributed by atoms with van der Waals surface area (Å²) in [6.07, 6.45) is 1.54. The van der Waals surface area contributed by atoms with Gasteiger partial charge in [-0.2, -0.15) is 4.37 Å². The lowest BCUT2D eigenvalue weighted by Gasteiger charge is -2.19. The SMILES string of the molecule is O=C(NC(C(=O)NCCNc1nsc2ccccc12)c1ccccc1)c1ccccn1. The van der Waals surface area contributed by atoms with Crippen LogP contribution in [-0.2, 0) is 4.79 Å². The molecule has 0 aliphatic carbocycles. The Kier molecular flexibility index (Phi) is 6.49. The molecule has 4 aromatic rings. The summed E-state index contributed by atoms with van der Waals surface area (Å²) < 4.78 is 5.53. The molecule has 156 valence electrons. The Bertz CT molecular complexity index is 1160. The molecule has 2 amide bonds. The van der Waals surface area contributed by atoms with Crippen LogP contribution in [0.5, 0.6) is 0 Å². The number of rotatable bonds is 8. The summed E-state index contributed by atoms with van der Waals surface area (Å²) >= 11 is 1.43. The molecule has 31 heavy (non-hydrogen) atoms. The highest BCUT2D eigenvalue weighted by molar-refractivity contribution is 7.13. The largest absolute Gasteiger partial charge is 0.367 e. The van der Waals surface area contributed by atoms with Crippen molar-refractivity contribution >= 4 is 39.3 Å². The Morgan fingerprint density at radius 3 is 2.48 bits per heavy atom. The molecule has 2 heterocycles. The molecule has 2 aromatic carbocycles. The van der Waals surface area contributed by atoms with Crippen molar-refractivity contribution in [3.63, 3.8) is 0 Å². The minimum absolute atomic E-state index is 0.258. The zero-order chi connectivity index (χ0) is 21.5. The molecule has 0 bridgehead atoms. The molecule has 4 rings (SSSR count). The monoisotopic (exact) mass is 431 g/mol. The summed E-state index contributed by atoms with van der Waals surface area (Å²) in [5, 5.41) is 9.99. The first kappa shape index (κ1) is 20.5. The average Bonchev–Trinajstić information content (AvgIpc) is 3.24. The second-order valence-electron chi connectivity index (χ2n) is 6.78. The van der Waals surface area contributed by atoms with Crippen LogP contribution in [0.15, 0.2) is 79.0 Å². The fourth-order valence-electron chi connectivity index (χ4n) is 3.13. The van der Waals surface area contributed by atoms with Crippen LogP contribution in [-0.4, -0.2) is 34.3 Å². The maximum atomic E-state index is 12.9. The Morgan fingerprint density at radius 1 is 0.903 bits per heavy atom. The number of nitrogens with zero attached hydrogens (tertiary/aromatic N) is 2. The van der Waals surface area contributed by atoms with Gasteiger partial charge >= 0.3 is 0 Å². The lowest BCUT2D eigenvalue weighted by Crippen LogP contribution is -2.42. The first-order valence-corrected chi connectivity index (χ1v) is 10.6. The number of pyridine rings is 1. The van der Waals surface area contributed by atoms with Gasteiger partial charge in [0, 0.05) is 24.7 Å². The van der Waals surface area contributed by atoms with Crippen molar-refractivity contribution in [2.75, 3.05) is 18.4 Å². The number of carbonyl (C=O) groups excluding carboxylic acids is 2. The van der Waals surface area contributed by atoms with E-state index in [1.54, 1.807) is 24.4 Å². The van der Waals surface area contributed by atoms with Crippen molar-refractivity contribution in [2.24, 2.45) is 0 Å². The molecule has 3 N–H and O–H groups in total. The number of amides is 2. The number of hydrogen-bond donors (Lipinski definition) is 3. The average molecular weight is 432 g/mol. The molecule has 0 fully saturated rings. The summed E-state index contributed by atoms with van der Waals surface area (Å²) in [7, 11) is 0. The minimum Gasteiger partial charge on any atom is -0.367 e. The van der Waals surface area contributed by atoms with Gasteiger partial charge in [0.15, 0.2) is 0 Å². The van der Waals surface area contributed by atoms with E-state index in [0.717, 1.165) is 15.9 Å². The number of carbonyl (C=O) groups is 2. The third-order valence-electron chi connectivity index (χ3n) is 4.66. The molecule has 7 nitrogen and oxygen atoms in total. The maximum absolute atomic E-state index is 12.9. The molecule has 0 aliphatic heterocycles. The van der Waals surface area contributed by atoms with Crippen LogP contribution in [0.25, 0.3) is 10.1 Å². The number of nitrogens with one attached hydrogen (secondary N) is 3. The fraction of sp³-hybridized carbons (Fsp3) is 0.130. The van der Waals surface area contributed by atoms with E-state index in [9.17, 15) is 9.59 Å². The van der Waals surface area contributed by atoms with Crippen molar-refractivity contribution in [1.82, 2.24) is 20.0 Å². The van der Waals surface area contributed by atoms with E-state index in [1.807, 2.05) is 54.6 Å². The summed E-state index contributed by atoms with van der Waals surface area (Å²) in [4.78, 5) is 29.5. The van der Waals surface area contributed by atoms with Crippen LogP contribution in [0, 0.1) is 0 Å². The predicted octanol–water partition coefficient (Wildman–Crippen LogP) is 3.39. The van der Waals surface area contributed by atoms with Gasteiger partial charge in [-0.05, 0) is 41.4 Å². The van der Waals surface area contributed by atoms with Gasteiger partial charge in [0.05, 0.1) is 4.70 Å². The highest BCUT2D eigenvalue weighted by Gasteiger charge is 2.23. The molecule has 8 heteroatoms. The standard InChI is InChI=1S/C23H21N5O2S/c29-22(18-11-6-7-13-24-18)27-20(16-8-2-1-3-9-16)23(30)26-15-14-25-21-17-10-4-5-12-19(17)31-28-21/h1-13,20H,14-15H2,(H,25,28)(H,26,30)(H,27,29). The van der Waals surface area contributed by atoms with Gasteiger partial charge in [-0.1, -0.05) is 48.5 Å². The zero-order valence-corrected chi connectivity index (χ0v) is 17.4. The van der Waals surface area contributed by atoms with Crippen molar-refractivity contribution < 1.29 is 9.59 Å². The van der Waals surface area contributed by atoms with Crippen LogP contribution in [0.3, 0.4) is 0 Å². The maximum Gasteiger partial charge on any atom is 0.270 e. The highest BCUT2D eigenvalue weighted by atomic mass is 32.1. The van der Waals surface area contributed by atoms with Crippen LogP contribution >= 0.6 is 11.5 Å². The third-order valence-corrected chi connectivity index (χ3v) is 5.49. The lowest BCUT2D eigenvalue weighted by atomic mass is 10.1. The number of fused-ring (bicyclic) bond motifs is 1. The normalized spacial score (nSPS) is 11.6. The van der Waals surface area contributed by atoms with Crippen molar-refractivity contribution in [1.29, 1.82) is 0 Å². The van der Waals surface area contributed by atoms with E-state index in [2.05, 4.69) is 25.3 Å². The number of benzene rings is 2. The number of hydrogen-bond acceptors (Lipinski definition) is 6. The van der Waals surface area contributed by atoms with E-state index in [-0.39, 0.29) is 11.6 Å². The zero-order valence-electron chi connectivity index (χ0n) is 16.6. The lowest BCUT2D eigenvalue weighted by molar-refractivity contribution is -0.123. The van der Waals surface area contributed by atoms with Gasteiger partial charge in [0.25, 0.3) is 5.91 Å². The molecule has 1 unspecified atom stereocenters. The van der Waals surface area contributed by atoms with E-state index < -0.39 is 11.9 Å².